The van der Waals surface area contributed by atoms with Gasteiger partial charge in [0.15, 0.2) is 0 Å². The smallest absolute Gasteiger partial charge is 0.416 e. The van der Waals surface area contributed by atoms with E-state index in [0.717, 1.165) is 12.3 Å². The van der Waals surface area contributed by atoms with Crippen LogP contribution in [0.4, 0.5) is 18.0 Å². The van der Waals surface area contributed by atoms with E-state index in [4.69, 9.17) is 9.47 Å². The molecule has 186 valence electrons. The van der Waals surface area contributed by atoms with Crippen LogP contribution in [0.3, 0.4) is 0 Å². The Labute approximate surface area is 192 Å². The Hall–Kier alpha value is -1.85. The zero-order valence-electron chi connectivity index (χ0n) is 19.0. The lowest BCUT2D eigenvalue weighted by atomic mass is 9.81. The molecule has 33 heavy (non-hydrogen) atoms. The monoisotopic (exact) mass is 492 g/mol. The zero-order chi connectivity index (χ0) is 24.4. The van der Waals surface area contributed by atoms with Gasteiger partial charge in [0.2, 0.25) is 10.0 Å². The van der Waals surface area contributed by atoms with Gasteiger partial charge in [-0.05, 0) is 56.6 Å². The molecule has 1 aromatic carbocycles. The van der Waals surface area contributed by atoms with Gasteiger partial charge in [0, 0.05) is 12.1 Å². The van der Waals surface area contributed by atoms with Crippen molar-refractivity contribution in [3.05, 3.63) is 35.4 Å². The van der Waals surface area contributed by atoms with Crippen LogP contribution in [0, 0.1) is 0 Å². The Kier molecular flexibility index (Phi) is 7.95. The summed E-state index contributed by atoms with van der Waals surface area (Å²) in [6.45, 7) is 1.93. The molecule has 0 radical (unpaired) electrons. The Morgan fingerprint density at radius 1 is 1.18 bits per heavy atom. The number of carbonyl (C=O) groups is 1. The second kappa shape index (κ2) is 10.2. The van der Waals surface area contributed by atoms with Crippen LogP contribution in [0.1, 0.15) is 56.1 Å². The third-order valence-electron chi connectivity index (χ3n) is 6.53. The van der Waals surface area contributed by atoms with Crippen LogP contribution >= 0.6 is 0 Å². The van der Waals surface area contributed by atoms with E-state index in [1.165, 1.54) is 18.1 Å². The number of carbonyl (C=O) groups excluding carboxylic acids is 1. The van der Waals surface area contributed by atoms with Crippen molar-refractivity contribution in [3.63, 3.8) is 0 Å². The van der Waals surface area contributed by atoms with E-state index in [1.54, 1.807) is 12.1 Å². The van der Waals surface area contributed by atoms with Crippen LogP contribution < -0.4 is 4.72 Å². The van der Waals surface area contributed by atoms with Gasteiger partial charge in [-0.15, -0.1) is 0 Å². The lowest BCUT2D eigenvalue weighted by Crippen LogP contribution is -2.50. The van der Waals surface area contributed by atoms with Crippen molar-refractivity contribution in [1.29, 1.82) is 0 Å². The number of benzene rings is 1. The third-order valence-corrected chi connectivity index (χ3v) is 7.26. The molecule has 0 aromatic heterocycles. The fourth-order valence-corrected chi connectivity index (χ4v) is 5.87. The van der Waals surface area contributed by atoms with Crippen molar-refractivity contribution in [2.75, 3.05) is 20.0 Å². The molecule has 1 saturated carbocycles. The summed E-state index contributed by atoms with van der Waals surface area (Å²) < 4.78 is 77.2. The average molecular weight is 493 g/mol. The molecule has 3 rings (SSSR count). The molecule has 0 spiro atoms. The fraction of sp³-hybridized carbons (Fsp3) is 0.682. The molecule has 1 aromatic rings. The Morgan fingerprint density at radius 3 is 2.39 bits per heavy atom. The molecule has 0 unspecified atom stereocenters. The van der Waals surface area contributed by atoms with E-state index >= 15 is 0 Å². The second-order valence-corrected chi connectivity index (χ2v) is 10.7. The summed E-state index contributed by atoms with van der Waals surface area (Å²) in [5, 5.41) is 0. The largest absolute Gasteiger partial charge is 0.453 e. The molecule has 7 nitrogen and oxygen atoms in total. The van der Waals surface area contributed by atoms with Crippen molar-refractivity contribution in [2.24, 2.45) is 0 Å². The SMILES string of the molecule is COC(=O)N1[C@H](C)C[C@H](NS(C)(=O)=O)[C@@H]1CO[C@H]1CC[C@@H](c2ccccc2C(F)(F)F)CC1. The highest BCUT2D eigenvalue weighted by atomic mass is 32.2. The lowest BCUT2D eigenvalue weighted by molar-refractivity contribution is -0.138. The zero-order valence-corrected chi connectivity index (χ0v) is 19.8. The minimum absolute atomic E-state index is 0.112. The number of amides is 1. The van der Waals surface area contributed by atoms with Gasteiger partial charge < -0.3 is 9.47 Å². The Bertz CT molecular complexity index is 932. The van der Waals surface area contributed by atoms with E-state index in [9.17, 15) is 26.4 Å². The van der Waals surface area contributed by atoms with Crippen LogP contribution in [0.5, 0.6) is 0 Å². The maximum atomic E-state index is 13.4. The Balaban J connectivity index is 1.63. The van der Waals surface area contributed by atoms with Gasteiger partial charge >= 0.3 is 12.3 Å². The standard InChI is InChI=1S/C22H31F3N2O5S/c1-14-12-19(26-33(3,29)30)20(27(14)21(28)31-2)13-32-16-10-8-15(9-11-16)17-6-4-5-7-18(17)22(23,24)25/h4-7,14-16,19-20,26H,8-13H2,1-3H3/t14-,15-,16+,19+,20+/m1/s1. The van der Waals surface area contributed by atoms with Crippen LogP contribution in [-0.2, 0) is 25.7 Å². The highest BCUT2D eigenvalue weighted by Gasteiger charge is 2.44. The van der Waals surface area contributed by atoms with Gasteiger partial charge in [-0.2, -0.15) is 13.2 Å². The molecular weight excluding hydrogens is 461 g/mol. The molecule has 2 fully saturated rings. The Morgan fingerprint density at radius 2 is 1.82 bits per heavy atom. The molecule has 1 heterocycles. The van der Waals surface area contributed by atoms with E-state index in [0.29, 0.717) is 37.7 Å². The van der Waals surface area contributed by atoms with Gasteiger partial charge in [0.1, 0.15) is 0 Å². The number of hydrogen-bond donors (Lipinski definition) is 1. The first kappa shape index (κ1) is 25.8. The highest BCUT2D eigenvalue weighted by molar-refractivity contribution is 7.88. The number of alkyl halides is 3. The molecule has 0 bridgehead atoms. The predicted molar refractivity (Wildman–Crippen MR) is 116 cm³/mol. The number of halogens is 3. The van der Waals surface area contributed by atoms with Crippen molar-refractivity contribution in [3.8, 4) is 0 Å². The number of nitrogens with zero attached hydrogens (tertiary/aromatic N) is 1. The topological polar surface area (TPSA) is 84.9 Å². The fourth-order valence-electron chi connectivity index (χ4n) is 5.06. The van der Waals surface area contributed by atoms with Crippen molar-refractivity contribution < 1.29 is 35.9 Å². The van der Waals surface area contributed by atoms with Crippen LogP contribution in [0.25, 0.3) is 0 Å². The summed E-state index contributed by atoms with van der Waals surface area (Å²) in [4.78, 5) is 13.8. The van der Waals surface area contributed by atoms with Gasteiger partial charge in [-0.1, -0.05) is 18.2 Å². The molecule has 1 aliphatic heterocycles. The predicted octanol–water partition coefficient (Wildman–Crippen LogP) is 3.90. The van der Waals surface area contributed by atoms with Crippen molar-refractivity contribution in [1.82, 2.24) is 9.62 Å². The number of methoxy groups -OCH3 is 1. The summed E-state index contributed by atoms with van der Waals surface area (Å²) in [6, 6.07) is 4.41. The number of nitrogens with one attached hydrogen (secondary N) is 1. The quantitative estimate of drug-likeness (QED) is 0.651. The lowest BCUT2D eigenvalue weighted by Gasteiger charge is -2.33. The third kappa shape index (κ3) is 6.39. The van der Waals surface area contributed by atoms with Gasteiger partial charge in [0.25, 0.3) is 0 Å². The van der Waals surface area contributed by atoms with Crippen molar-refractivity contribution >= 4 is 16.1 Å². The molecule has 11 heteroatoms. The first-order chi connectivity index (χ1) is 15.4. The van der Waals surface area contributed by atoms with E-state index in [2.05, 4.69) is 4.72 Å². The number of ether oxygens (including phenoxy) is 2. The second-order valence-electron chi connectivity index (χ2n) is 8.92. The summed E-state index contributed by atoms with van der Waals surface area (Å²) in [5.74, 6) is -0.194. The molecule has 3 atom stereocenters. The van der Waals surface area contributed by atoms with E-state index < -0.39 is 39.9 Å². The minimum Gasteiger partial charge on any atom is -0.453 e. The van der Waals surface area contributed by atoms with Gasteiger partial charge in [0.05, 0.1) is 37.7 Å². The average Bonchev–Trinajstić information content (AvgIpc) is 3.04. The number of sulfonamides is 1. The molecule has 1 saturated heterocycles. The number of hydrogen-bond acceptors (Lipinski definition) is 5. The summed E-state index contributed by atoms with van der Waals surface area (Å²) in [6.07, 6.45) is -1.33. The summed E-state index contributed by atoms with van der Waals surface area (Å²) in [5.41, 5.74) is -0.264. The van der Waals surface area contributed by atoms with E-state index in [1.807, 2.05) is 6.92 Å². The number of likely N-dealkylation sites (tertiary alicyclic amines) is 1. The normalized spacial score (nSPS) is 28.7. The van der Waals surface area contributed by atoms with Crippen LogP contribution in [0.2, 0.25) is 0 Å². The molecular formula is C22H31F3N2O5S. The van der Waals surface area contributed by atoms with Crippen LogP contribution in [-0.4, -0.2) is 63.6 Å². The summed E-state index contributed by atoms with van der Waals surface area (Å²) >= 11 is 0. The van der Waals surface area contributed by atoms with Crippen LogP contribution in [0.15, 0.2) is 24.3 Å². The molecule has 1 N–H and O–H groups in total. The maximum absolute atomic E-state index is 13.4. The van der Waals surface area contributed by atoms with E-state index in [-0.39, 0.29) is 24.7 Å². The minimum atomic E-state index is -4.39. The maximum Gasteiger partial charge on any atom is 0.416 e. The first-order valence-electron chi connectivity index (χ1n) is 11.0. The van der Waals surface area contributed by atoms with Gasteiger partial charge in [-0.3, -0.25) is 4.90 Å². The summed E-state index contributed by atoms with van der Waals surface area (Å²) in [7, 11) is -2.23. The molecule has 1 aliphatic carbocycles. The van der Waals surface area contributed by atoms with Crippen molar-refractivity contribution in [2.45, 2.75) is 75.4 Å². The molecule has 1 amide bonds. The first-order valence-corrected chi connectivity index (χ1v) is 12.9. The number of rotatable bonds is 6. The molecule has 2 aliphatic rings. The highest BCUT2D eigenvalue weighted by Crippen LogP contribution is 2.41. The van der Waals surface area contributed by atoms with Gasteiger partial charge in [-0.25, -0.2) is 17.9 Å².